The Bertz CT molecular complexity index is 905. The fourth-order valence-corrected chi connectivity index (χ4v) is 2.16. The molecule has 0 aliphatic rings. The molecule has 7 nitrogen and oxygen atoms in total. The van der Waals surface area contributed by atoms with Crippen LogP contribution in [0.1, 0.15) is 12.5 Å². The van der Waals surface area contributed by atoms with E-state index in [1.807, 2.05) is 49.4 Å². The summed E-state index contributed by atoms with van der Waals surface area (Å²) in [6.07, 6.45) is 1.61. The molecule has 3 aromatic rings. The van der Waals surface area contributed by atoms with Crippen molar-refractivity contribution in [2.45, 2.75) is 6.92 Å². The summed E-state index contributed by atoms with van der Waals surface area (Å²) in [5, 5.41) is 11.9. The largest absolute Gasteiger partial charge is 0.494 e. The molecule has 0 bridgehead atoms. The van der Waals surface area contributed by atoms with E-state index in [1.54, 1.807) is 18.3 Å². The van der Waals surface area contributed by atoms with Gasteiger partial charge in [-0.3, -0.25) is 9.78 Å². The van der Waals surface area contributed by atoms with Crippen molar-refractivity contribution in [2.24, 2.45) is 5.10 Å². The summed E-state index contributed by atoms with van der Waals surface area (Å²) in [7, 11) is 0. The zero-order chi connectivity index (χ0) is 17.5. The molecule has 1 heterocycles. The lowest BCUT2D eigenvalue weighted by atomic mass is 10.2. The van der Waals surface area contributed by atoms with Crippen LogP contribution >= 0.6 is 0 Å². The normalized spacial score (nSPS) is 10.8. The quantitative estimate of drug-likeness (QED) is 0.534. The van der Waals surface area contributed by atoms with Crippen LogP contribution in [0.15, 0.2) is 64.5 Å². The minimum Gasteiger partial charge on any atom is -0.494 e. The van der Waals surface area contributed by atoms with Crippen molar-refractivity contribution in [3.05, 3.63) is 70.5 Å². The summed E-state index contributed by atoms with van der Waals surface area (Å²) < 4.78 is 5.38. The molecular weight excluding hydrogens is 318 g/mol. The molecule has 0 aliphatic carbocycles. The van der Waals surface area contributed by atoms with Gasteiger partial charge in [-0.25, -0.2) is 5.43 Å². The van der Waals surface area contributed by atoms with Gasteiger partial charge < -0.3 is 4.74 Å². The van der Waals surface area contributed by atoms with Crippen LogP contribution < -0.4 is 15.7 Å². The van der Waals surface area contributed by atoms with E-state index in [1.165, 1.54) is 0 Å². The highest BCUT2D eigenvalue weighted by atomic mass is 16.5. The number of anilines is 1. The Morgan fingerprint density at radius 3 is 2.56 bits per heavy atom. The van der Waals surface area contributed by atoms with E-state index in [9.17, 15) is 4.79 Å². The molecule has 0 radical (unpaired) electrons. The molecule has 1 aromatic heterocycles. The Morgan fingerprint density at radius 1 is 1.12 bits per heavy atom. The van der Waals surface area contributed by atoms with Crippen LogP contribution in [0.3, 0.4) is 0 Å². The third-order valence-electron chi connectivity index (χ3n) is 3.32. The minimum absolute atomic E-state index is 0.173. The predicted molar refractivity (Wildman–Crippen MR) is 96.9 cm³/mol. The van der Waals surface area contributed by atoms with Gasteiger partial charge in [-0.2, -0.15) is 5.10 Å². The van der Waals surface area contributed by atoms with E-state index >= 15 is 0 Å². The van der Waals surface area contributed by atoms with Gasteiger partial charge in [0.05, 0.1) is 12.8 Å². The van der Waals surface area contributed by atoms with Gasteiger partial charge in [-0.1, -0.05) is 30.3 Å². The van der Waals surface area contributed by atoms with Crippen molar-refractivity contribution in [1.29, 1.82) is 0 Å². The maximum absolute atomic E-state index is 12.1. The Morgan fingerprint density at radius 2 is 1.88 bits per heavy atom. The molecule has 2 aromatic carbocycles. The first-order valence-corrected chi connectivity index (χ1v) is 7.80. The fourth-order valence-electron chi connectivity index (χ4n) is 2.16. The molecule has 2 N–H and O–H groups in total. The molecule has 0 spiro atoms. The molecule has 7 heteroatoms. The first kappa shape index (κ1) is 16.4. The summed E-state index contributed by atoms with van der Waals surface area (Å²) in [4.78, 5) is 14.7. The second-order valence-corrected chi connectivity index (χ2v) is 5.09. The number of nitrogens with one attached hydrogen (secondary N) is 2. The summed E-state index contributed by atoms with van der Waals surface area (Å²) >= 11 is 0. The van der Waals surface area contributed by atoms with Crippen LogP contribution in [0.5, 0.6) is 5.75 Å². The minimum atomic E-state index is -0.333. The number of nitrogens with zero attached hydrogens (tertiary/aromatic N) is 3. The van der Waals surface area contributed by atoms with E-state index in [0.29, 0.717) is 12.2 Å². The smallest absolute Gasteiger partial charge is 0.279 e. The van der Waals surface area contributed by atoms with Crippen LogP contribution in [0, 0.1) is 0 Å². The number of ether oxygens (including phenoxy) is 1. The standard InChI is InChI=1S/C18H17N5O2/c1-2-25-15-10-8-13(9-11-15)12-19-22-18-20-17(24)16(21-23-18)14-6-4-3-5-7-14/h3-12H,2H2,1H3,(H2,20,22,23,24)/b19-12+. The van der Waals surface area contributed by atoms with Gasteiger partial charge in [-0.15, -0.1) is 10.2 Å². The molecular formula is C18H17N5O2. The number of benzene rings is 2. The average Bonchev–Trinajstić information content (AvgIpc) is 2.64. The molecule has 0 fully saturated rings. The molecule has 0 saturated heterocycles. The molecule has 25 heavy (non-hydrogen) atoms. The Hall–Kier alpha value is -3.48. The van der Waals surface area contributed by atoms with Crippen molar-refractivity contribution in [1.82, 2.24) is 15.2 Å². The van der Waals surface area contributed by atoms with E-state index < -0.39 is 0 Å². The van der Waals surface area contributed by atoms with Crippen LogP contribution in [0.25, 0.3) is 11.3 Å². The highest BCUT2D eigenvalue weighted by Crippen LogP contribution is 2.12. The van der Waals surface area contributed by atoms with Crippen molar-refractivity contribution in [3.8, 4) is 17.0 Å². The Labute approximate surface area is 144 Å². The number of H-pyrrole nitrogens is 1. The van der Waals surface area contributed by atoms with E-state index in [2.05, 4.69) is 25.7 Å². The maximum atomic E-state index is 12.1. The number of rotatable bonds is 6. The summed E-state index contributed by atoms with van der Waals surface area (Å²) in [6.45, 7) is 2.56. The fraction of sp³-hybridized carbons (Fsp3) is 0.111. The predicted octanol–water partition coefficient (Wildman–Crippen LogP) is 2.68. The molecule has 0 saturated carbocycles. The van der Waals surface area contributed by atoms with E-state index in [-0.39, 0.29) is 17.2 Å². The Balaban J connectivity index is 1.67. The van der Waals surface area contributed by atoms with Gasteiger partial charge in [0, 0.05) is 5.56 Å². The third kappa shape index (κ3) is 4.29. The van der Waals surface area contributed by atoms with Gasteiger partial charge in [0.2, 0.25) is 5.95 Å². The lowest BCUT2D eigenvalue weighted by Crippen LogP contribution is -2.15. The average molecular weight is 335 g/mol. The van der Waals surface area contributed by atoms with Crippen LogP contribution in [0.4, 0.5) is 5.95 Å². The zero-order valence-electron chi connectivity index (χ0n) is 13.6. The van der Waals surface area contributed by atoms with Crippen molar-refractivity contribution in [2.75, 3.05) is 12.0 Å². The lowest BCUT2D eigenvalue weighted by molar-refractivity contribution is 0.340. The number of aromatic amines is 1. The van der Waals surface area contributed by atoms with Crippen LogP contribution in [0.2, 0.25) is 0 Å². The first-order valence-electron chi connectivity index (χ1n) is 7.80. The van der Waals surface area contributed by atoms with Crippen molar-refractivity contribution in [3.63, 3.8) is 0 Å². The van der Waals surface area contributed by atoms with Gasteiger partial charge in [0.25, 0.3) is 5.56 Å². The van der Waals surface area contributed by atoms with E-state index in [4.69, 9.17) is 4.74 Å². The molecule has 0 amide bonds. The maximum Gasteiger partial charge on any atom is 0.279 e. The lowest BCUT2D eigenvalue weighted by Gasteiger charge is -2.02. The van der Waals surface area contributed by atoms with Crippen LogP contribution in [-0.2, 0) is 0 Å². The van der Waals surface area contributed by atoms with Gasteiger partial charge in [0.15, 0.2) is 5.69 Å². The van der Waals surface area contributed by atoms with Crippen molar-refractivity contribution < 1.29 is 4.74 Å². The molecule has 0 unspecified atom stereocenters. The summed E-state index contributed by atoms with van der Waals surface area (Å²) in [5.41, 5.74) is 4.18. The summed E-state index contributed by atoms with van der Waals surface area (Å²) in [6, 6.07) is 16.6. The second kappa shape index (κ2) is 7.87. The SMILES string of the molecule is CCOc1ccc(/C=N/Nc2nnc(-c3ccccc3)c(=O)[nH]2)cc1. The van der Waals surface area contributed by atoms with Gasteiger partial charge in [0.1, 0.15) is 5.75 Å². The molecule has 3 rings (SSSR count). The highest BCUT2D eigenvalue weighted by molar-refractivity contribution is 5.80. The first-order chi connectivity index (χ1) is 12.3. The molecule has 0 aliphatic heterocycles. The molecule has 126 valence electrons. The number of aromatic nitrogens is 3. The van der Waals surface area contributed by atoms with Gasteiger partial charge in [-0.05, 0) is 36.8 Å². The topological polar surface area (TPSA) is 92.3 Å². The number of hydrazone groups is 1. The number of hydrogen-bond donors (Lipinski definition) is 2. The number of hydrogen-bond acceptors (Lipinski definition) is 6. The Kier molecular flexibility index (Phi) is 5.16. The van der Waals surface area contributed by atoms with E-state index in [0.717, 1.165) is 11.3 Å². The van der Waals surface area contributed by atoms with Gasteiger partial charge >= 0.3 is 0 Å². The zero-order valence-corrected chi connectivity index (χ0v) is 13.6. The van der Waals surface area contributed by atoms with Crippen molar-refractivity contribution >= 4 is 12.2 Å². The highest BCUT2D eigenvalue weighted by Gasteiger charge is 2.06. The van der Waals surface area contributed by atoms with Crippen LogP contribution in [-0.4, -0.2) is 28.0 Å². The summed E-state index contributed by atoms with van der Waals surface area (Å²) in [5.74, 6) is 0.978. The second-order valence-electron chi connectivity index (χ2n) is 5.09. The monoisotopic (exact) mass is 335 g/mol. The molecule has 0 atom stereocenters. The third-order valence-corrected chi connectivity index (χ3v) is 3.32.